The highest BCUT2D eigenvalue weighted by atomic mass is 19.1. The molecule has 0 spiro atoms. The molecule has 4 rings (SSSR count). The van der Waals surface area contributed by atoms with Gasteiger partial charge < -0.3 is 15.4 Å². The first-order chi connectivity index (χ1) is 14.6. The lowest BCUT2D eigenvalue weighted by molar-refractivity contribution is 0.141. The maximum absolute atomic E-state index is 14.8. The summed E-state index contributed by atoms with van der Waals surface area (Å²) in [7, 11) is 1.79. The number of hydrogen-bond acceptors (Lipinski definition) is 6. The molecule has 0 saturated carbocycles. The van der Waals surface area contributed by atoms with Gasteiger partial charge in [-0.15, -0.1) is 5.10 Å². The van der Waals surface area contributed by atoms with Crippen LogP contribution < -0.4 is 15.5 Å². The van der Waals surface area contributed by atoms with Crippen LogP contribution in [0.4, 0.5) is 14.9 Å². The molecule has 156 valence electrons. The monoisotopic (exact) mass is 410 g/mol. The molecule has 2 heterocycles. The van der Waals surface area contributed by atoms with E-state index in [1.54, 1.807) is 25.4 Å². The second-order valence-electron chi connectivity index (χ2n) is 7.12. The molecule has 1 saturated heterocycles. The molecule has 0 unspecified atom stereocenters. The predicted molar refractivity (Wildman–Crippen MR) is 110 cm³/mol. The Balaban J connectivity index is 1.41. The van der Waals surface area contributed by atoms with Crippen molar-refractivity contribution in [1.29, 1.82) is 0 Å². The van der Waals surface area contributed by atoms with Gasteiger partial charge in [0.05, 0.1) is 24.1 Å². The van der Waals surface area contributed by atoms with Crippen molar-refractivity contribution in [3.8, 4) is 11.1 Å². The lowest BCUT2D eigenvalue weighted by Gasteiger charge is -2.14. The summed E-state index contributed by atoms with van der Waals surface area (Å²) in [5.41, 5.74) is 3.75. The molecule has 0 bridgehead atoms. The molecule has 8 nitrogen and oxygen atoms in total. The number of aromatic amines is 1. The second kappa shape index (κ2) is 9.02. The van der Waals surface area contributed by atoms with E-state index in [0.29, 0.717) is 37.4 Å². The van der Waals surface area contributed by atoms with Crippen LogP contribution in [0.3, 0.4) is 0 Å². The van der Waals surface area contributed by atoms with E-state index in [1.807, 2.05) is 24.3 Å². The molecule has 1 aliphatic heterocycles. The molecule has 30 heavy (non-hydrogen) atoms. The quantitative estimate of drug-likeness (QED) is 0.528. The van der Waals surface area contributed by atoms with Crippen molar-refractivity contribution in [1.82, 2.24) is 26.0 Å². The lowest BCUT2D eigenvalue weighted by atomic mass is 10.0. The first-order valence-corrected chi connectivity index (χ1v) is 9.71. The molecule has 2 aromatic carbocycles. The summed E-state index contributed by atoms with van der Waals surface area (Å²) in [5.74, 6) is -0.380. The molecule has 3 N–H and O–H groups in total. The molecular weight excluding hydrogens is 387 g/mol. The largest absolute Gasteiger partial charge is 0.443 e. The Hall–Kier alpha value is -3.30. The molecule has 1 fully saturated rings. The zero-order valence-corrected chi connectivity index (χ0v) is 16.6. The van der Waals surface area contributed by atoms with Gasteiger partial charge in [0.15, 0.2) is 0 Å². The first-order valence-electron chi connectivity index (χ1n) is 9.71. The van der Waals surface area contributed by atoms with Crippen molar-refractivity contribution in [2.75, 3.05) is 25.0 Å². The van der Waals surface area contributed by atoms with E-state index in [9.17, 15) is 9.18 Å². The number of anilines is 1. The smallest absolute Gasteiger partial charge is 0.414 e. The minimum atomic E-state index is -0.454. The number of aromatic nitrogens is 3. The highest BCUT2D eigenvalue weighted by Gasteiger charge is 2.32. The summed E-state index contributed by atoms with van der Waals surface area (Å²) in [5, 5.41) is 16.5. The average Bonchev–Trinajstić information content (AvgIpc) is 3.39. The number of rotatable bonds is 8. The van der Waals surface area contributed by atoms with Crippen molar-refractivity contribution in [2.45, 2.75) is 19.2 Å². The van der Waals surface area contributed by atoms with Crippen molar-refractivity contribution in [2.24, 2.45) is 0 Å². The number of ether oxygens (including phenoxy) is 1. The van der Waals surface area contributed by atoms with E-state index in [2.05, 4.69) is 26.0 Å². The number of benzene rings is 2. The van der Waals surface area contributed by atoms with Gasteiger partial charge in [-0.25, -0.2) is 9.18 Å². The summed E-state index contributed by atoms with van der Waals surface area (Å²) < 4.78 is 20.1. The molecule has 1 amide bonds. The number of carbonyl (C=O) groups excluding carboxylic acids is 1. The van der Waals surface area contributed by atoms with Crippen LogP contribution in [0.5, 0.6) is 0 Å². The molecule has 3 aromatic rings. The Labute approximate surface area is 173 Å². The Bertz CT molecular complexity index is 993. The van der Waals surface area contributed by atoms with Gasteiger partial charge in [0.25, 0.3) is 0 Å². The molecule has 0 aliphatic carbocycles. The molecule has 1 aliphatic rings. The minimum absolute atomic E-state index is 0.240. The van der Waals surface area contributed by atoms with Gasteiger partial charge in [-0.3, -0.25) is 10.00 Å². The average molecular weight is 410 g/mol. The van der Waals surface area contributed by atoms with Crippen LogP contribution in [0.1, 0.15) is 11.3 Å². The van der Waals surface area contributed by atoms with Crippen LogP contribution in [0.25, 0.3) is 11.1 Å². The zero-order chi connectivity index (χ0) is 20.9. The molecule has 0 radical (unpaired) electrons. The van der Waals surface area contributed by atoms with E-state index in [0.717, 1.165) is 16.8 Å². The van der Waals surface area contributed by atoms with E-state index in [1.165, 1.54) is 11.0 Å². The molecule has 9 heteroatoms. The molecular formula is C21H23FN6O2. The number of likely N-dealkylation sites (N-methyl/N-ethyl adjacent to an activating group) is 1. The minimum Gasteiger partial charge on any atom is -0.443 e. The zero-order valence-electron chi connectivity index (χ0n) is 16.6. The van der Waals surface area contributed by atoms with Gasteiger partial charge in [0.1, 0.15) is 11.9 Å². The topological polar surface area (TPSA) is 95.2 Å². The number of carbonyl (C=O) groups is 1. The van der Waals surface area contributed by atoms with Crippen LogP contribution in [-0.4, -0.2) is 47.7 Å². The van der Waals surface area contributed by atoms with Crippen LogP contribution in [0.2, 0.25) is 0 Å². The maximum atomic E-state index is 14.8. The van der Waals surface area contributed by atoms with Gasteiger partial charge >= 0.3 is 6.09 Å². The predicted octanol–water partition coefficient (Wildman–Crippen LogP) is 2.45. The third-order valence-corrected chi connectivity index (χ3v) is 4.94. The molecule has 1 aromatic heterocycles. The maximum Gasteiger partial charge on any atom is 0.414 e. The summed E-state index contributed by atoms with van der Waals surface area (Å²) >= 11 is 0. The third kappa shape index (κ3) is 4.47. The number of hydrogen-bond donors (Lipinski definition) is 3. The fourth-order valence-corrected chi connectivity index (χ4v) is 3.42. The fourth-order valence-electron chi connectivity index (χ4n) is 3.42. The van der Waals surface area contributed by atoms with Crippen LogP contribution in [0, 0.1) is 5.82 Å². The van der Waals surface area contributed by atoms with Gasteiger partial charge in [-0.2, -0.15) is 0 Å². The SMILES string of the molecule is CNC[C@H]1CN(c2ccc(-c3ccc(CNCc4cnn[nH]4)cc3)c(F)c2)C(=O)O1. The number of halogens is 1. The normalized spacial score (nSPS) is 16.1. The summed E-state index contributed by atoms with van der Waals surface area (Å²) in [4.78, 5) is 13.5. The third-order valence-electron chi connectivity index (χ3n) is 4.94. The highest BCUT2D eigenvalue weighted by Crippen LogP contribution is 2.29. The highest BCUT2D eigenvalue weighted by molar-refractivity contribution is 5.90. The van der Waals surface area contributed by atoms with Crippen molar-refractivity contribution in [3.05, 3.63) is 65.7 Å². The number of amides is 1. The van der Waals surface area contributed by atoms with Crippen molar-refractivity contribution < 1.29 is 13.9 Å². The second-order valence-corrected chi connectivity index (χ2v) is 7.12. The van der Waals surface area contributed by atoms with E-state index in [-0.39, 0.29) is 11.9 Å². The number of nitrogens with one attached hydrogen (secondary N) is 3. The Kier molecular flexibility index (Phi) is 6.01. The lowest BCUT2D eigenvalue weighted by Crippen LogP contribution is -2.29. The van der Waals surface area contributed by atoms with Gasteiger partial charge in [0, 0.05) is 25.2 Å². The summed E-state index contributed by atoms with van der Waals surface area (Å²) in [6.07, 6.45) is 0.978. The number of cyclic esters (lactones) is 1. The van der Waals surface area contributed by atoms with E-state index >= 15 is 0 Å². The first kappa shape index (κ1) is 20.0. The van der Waals surface area contributed by atoms with Crippen molar-refractivity contribution in [3.63, 3.8) is 0 Å². The van der Waals surface area contributed by atoms with Gasteiger partial charge in [-0.05, 0) is 36.4 Å². The standard InChI is InChI=1S/C21H23FN6O2/c1-23-12-18-13-28(21(29)30-18)17-6-7-19(20(22)8-17)15-4-2-14(3-5-15)9-24-10-16-11-25-27-26-16/h2-8,11,18,23-24H,9-10,12-13H2,1H3,(H,25,26,27)/t18-/m0/s1. The Morgan fingerprint density at radius 3 is 2.77 bits per heavy atom. The summed E-state index contributed by atoms with van der Waals surface area (Å²) in [6.45, 7) is 2.27. The van der Waals surface area contributed by atoms with Crippen LogP contribution >= 0.6 is 0 Å². The van der Waals surface area contributed by atoms with E-state index < -0.39 is 6.09 Å². The fraction of sp³-hybridized carbons (Fsp3) is 0.286. The van der Waals surface area contributed by atoms with Gasteiger partial charge in [-0.1, -0.05) is 29.5 Å². The Morgan fingerprint density at radius 1 is 1.23 bits per heavy atom. The Morgan fingerprint density at radius 2 is 2.07 bits per heavy atom. The number of nitrogens with zero attached hydrogens (tertiary/aromatic N) is 3. The summed E-state index contributed by atoms with van der Waals surface area (Å²) in [6, 6.07) is 12.5. The number of H-pyrrole nitrogens is 1. The van der Waals surface area contributed by atoms with Crippen molar-refractivity contribution >= 4 is 11.8 Å². The van der Waals surface area contributed by atoms with Crippen LogP contribution in [0.15, 0.2) is 48.7 Å². The molecule has 1 atom stereocenters. The van der Waals surface area contributed by atoms with Gasteiger partial charge in [0.2, 0.25) is 0 Å². The van der Waals surface area contributed by atoms with Crippen LogP contribution in [-0.2, 0) is 17.8 Å². The van der Waals surface area contributed by atoms with E-state index in [4.69, 9.17) is 4.74 Å².